The second kappa shape index (κ2) is 16.9. The number of carbonyl (C=O) groups is 3. The van der Waals surface area contributed by atoms with Crippen molar-refractivity contribution >= 4 is 29.2 Å². The second-order valence-corrected chi connectivity index (χ2v) is 12.1. The van der Waals surface area contributed by atoms with E-state index in [1.165, 1.54) is 29.2 Å². The van der Waals surface area contributed by atoms with E-state index in [2.05, 4.69) is 10.6 Å². The van der Waals surface area contributed by atoms with Gasteiger partial charge >= 0.3 is 6.03 Å². The van der Waals surface area contributed by atoms with Crippen LogP contribution in [0.1, 0.15) is 60.7 Å². The molecule has 0 saturated carbocycles. The quantitative estimate of drug-likeness (QED) is 0.288. The highest BCUT2D eigenvalue weighted by molar-refractivity contribution is 6.05. The smallest absolute Gasteiger partial charge is 0.321 e. The first kappa shape index (κ1) is 35.4. The summed E-state index contributed by atoms with van der Waals surface area (Å²) in [5, 5.41) is 15.8. The standard InChI is InChI=1S/C36H45FN4O6/c1-24-21-41(25(2)23-42)35(44)31-20-30(38-34(43)27-11-6-5-7-12-27)17-18-32(31)47-26(3)10-8-9-19-46-33(24)22-40(4)36(45)39-29-15-13-28(37)14-16-29/h5-7,11-18,20,24-26,33,42H,8-10,19,21-23H2,1-4H3,(H,38,43)(H,39,45)/t24-,25+,26-,33-/m1/s1. The van der Waals surface area contributed by atoms with E-state index in [0.29, 0.717) is 29.3 Å². The second-order valence-electron chi connectivity index (χ2n) is 12.1. The van der Waals surface area contributed by atoms with Crippen molar-refractivity contribution in [2.75, 3.05) is 44.0 Å². The number of halogens is 1. The number of amides is 4. The van der Waals surface area contributed by atoms with Gasteiger partial charge in [-0.05, 0) is 87.7 Å². The SMILES string of the molecule is C[C@@H]1CCCCO[C@H](CN(C)C(=O)Nc2ccc(F)cc2)[C@H](C)CN([C@@H](C)CO)C(=O)c2cc(NC(=O)c3ccccc3)ccc2O1. The topological polar surface area (TPSA) is 120 Å². The number of urea groups is 1. The van der Waals surface area contributed by atoms with Crippen molar-refractivity contribution in [3.63, 3.8) is 0 Å². The Morgan fingerprint density at radius 2 is 1.72 bits per heavy atom. The normalized spacial score (nSPS) is 19.8. The Morgan fingerprint density at radius 1 is 1.02 bits per heavy atom. The molecule has 252 valence electrons. The molecule has 0 spiro atoms. The molecule has 0 aliphatic carbocycles. The van der Waals surface area contributed by atoms with Crippen molar-refractivity contribution in [3.8, 4) is 5.75 Å². The highest BCUT2D eigenvalue weighted by Crippen LogP contribution is 2.29. The van der Waals surface area contributed by atoms with Crippen molar-refractivity contribution in [1.29, 1.82) is 0 Å². The van der Waals surface area contributed by atoms with E-state index in [-0.39, 0.29) is 55.1 Å². The molecule has 0 saturated heterocycles. The zero-order valence-electron chi connectivity index (χ0n) is 27.4. The zero-order chi connectivity index (χ0) is 33.9. The summed E-state index contributed by atoms with van der Waals surface area (Å²) >= 11 is 0. The largest absolute Gasteiger partial charge is 0.490 e. The summed E-state index contributed by atoms with van der Waals surface area (Å²) in [7, 11) is 1.65. The van der Waals surface area contributed by atoms with Gasteiger partial charge in [-0.1, -0.05) is 25.1 Å². The number of hydrogen-bond donors (Lipinski definition) is 3. The summed E-state index contributed by atoms with van der Waals surface area (Å²) in [5.74, 6) is -0.929. The number of likely N-dealkylation sites (N-methyl/N-ethyl adjacent to an activating group) is 1. The van der Waals surface area contributed by atoms with Gasteiger partial charge in [0, 0.05) is 49.6 Å². The van der Waals surface area contributed by atoms with Crippen LogP contribution in [-0.4, -0.2) is 84.4 Å². The first-order valence-corrected chi connectivity index (χ1v) is 16.0. The van der Waals surface area contributed by atoms with Crippen LogP contribution in [0.4, 0.5) is 20.6 Å². The van der Waals surface area contributed by atoms with E-state index in [0.717, 1.165) is 19.3 Å². The van der Waals surface area contributed by atoms with Crippen LogP contribution < -0.4 is 15.4 Å². The van der Waals surface area contributed by atoms with Crippen LogP contribution in [0.2, 0.25) is 0 Å². The highest BCUT2D eigenvalue weighted by Gasteiger charge is 2.31. The lowest BCUT2D eigenvalue weighted by atomic mass is 10.0. The molecule has 1 heterocycles. The van der Waals surface area contributed by atoms with E-state index >= 15 is 0 Å². The molecular formula is C36H45FN4O6. The lowest BCUT2D eigenvalue weighted by molar-refractivity contribution is -0.0115. The molecular weight excluding hydrogens is 603 g/mol. The van der Waals surface area contributed by atoms with Crippen molar-refractivity contribution in [2.45, 2.75) is 58.3 Å². The lowest BCUT2D eigenvalue weighted by Crippen LogP contribution is -2.48. The summed E-state index contributed by atoms with van der Waals surface area (Å²) < 4.78 is 25.9. The minimum Gasteiger partial charge on any atom is -0.490 e. The number of carbonyl (C=O) groups excluding carboxylic acids is 3. The molecule has 10 nitrogen and oxygen atoms in total. The maximum Gasteiger partial charge on any atom is 0.321 e. The van der Waals surface area contributed by atoms with E-state index in [4.69, 9.17) is 9.47 Å². The molecule has 3 aromatic rings. The van der Waals surface area contributed by atoms with Gasteiger partial charge in [-0.2, -0.15) is 0 Å². The molecule has 4 amide bonds. The molecule has 3 aromatic carbocycles. The fraction of sp³-hybridized carbons (Fsp3) is 0.417. The van der Waals surface area contributed by atoms with E-state index < -0.39 is 18.0 Å². The Balaban J connectivity index is 1.59. The summed E-state index contributed by atoms with van der Waals surface area (Å²) in [6, 6.07) is 18.4. The number of aliphatic hydroxyl groups is 1. The Morgan fingerprint density at radius 3 is 2.43 bits per heavy atom. The summed E-state index contributed by atoms with van der Waals surface area (Å²) in [5.41, 5.74) is 1.64. The monoisotopic (exact) mass is 648 g/mol. The molecule has 47 heavy (non-hydrogen) atoms. The maximum absolute atomic E-state index is 14.3. The fourth-order valence-electron chi connectivity index (χ4n) is 5.36. The molecule has 4 rings (SSSR count). The van der Waals surface area contributed by atoms with Crippen LogP contribution in [0, 0.1) is 11.7 Å². The Bertz CT molecular complexity index is 1490. The molecule has 11 heteroatoms. The molecule has 0 bridgehead atoms. The first-order valence-electron chi connectivity index (χ1n) is 16.0. The van der Waals surface area contributed by atoms with E-state index in [1.54, 1.807) is 61.3 Å². The Kier molecular flexibility index (Phi) is 12.7. The van der Waals surface area contributed by atoms with E-state index in [9.17, 15) is 23.9 Å². The number of rotatable bonds is 7. The molecule has 1 aliphatic rings. The first-order chi connectivity index (χ1) is 22.5. The van der Waals surface area contributed by atoms with Crippen molar-refractivity contribution in [2.24, 2.45) is 5.92 Å². The molecule has 0 unspecified atom stereocenters. The number of hydrogen-bond acceptors (Lipinski definition) is 6. The van der Waals surface area contributed by atoms with E-state index in [1.807, 2.05) is 19.9 Å². The van der Waals surface area contributed by atoms with Gasteiger partial charge in [0.1, 0.15) is 11.6 Å². The van der Waals surface area contributed by atoms with Gasteiger partial charge in [0.25, 0.3) is 11.8 Å². The number of anilines is 2. The summed E-state index contributed by atoms with van der Waals surface area (Å²) in [6.07, 6.45) is 1.68. The molecule has 0 aromatic heterocycles. The van der Waals surface area contributed by atoms with Crippen LogP contribution in [0.5, 0.6) is 5.75 Å². The van der Waals surface area contributed by atoms with Crippen LogP contribution >= 0.6 is 0 Å². The number of fused-ring (bicyclic) bond motifs is 1. The summed E-state index contributed by atoms with van der Waals surface area (Å²) in [4.78, 5) is 43.3. The average molecular weight is 649 g/mol. The third-order valence-corrected chi connectivity index (χ3v) is 8.24. The number of ether oxygens (including phenoxy) is 2. The highest BCUT2D eigenvalue weighted by atomic mass is 19.1. The van der Waals surface area contributed by atoms with Gasteiger partial charge in [0.05, 0.1) is 30.4 Å². The van der Waals surface area contributed by atoms with Crippen LogP contribution in [0.25, 0.3) is 0 Å². The maximum atomic E-state index is 14.3. The number of benzene rings is 3. The third-order valence-electron chi connectivity index (χ3n) is 8.24. The van der Waals surface area contributed by atoms with Crippen molar-refractivity contribution < 1.29 is 33.4 Å². The third kappa shape index (κ3) is 10.0. The van der Waals surface area contributed by atoms with Crippen molar-refractivity contribution in [3.05, 3.63) is 89.7 Å². The van der Waals surface area contributed by atoms with Gasteiger partial charge in [-0.15, -0.1) is 0 Å². The van der Waals surface area contributed by atoms with Gasteiger partial charge in [-0.25, -0.2) is 9.18 Å². The Labute approximate surface area is 275 Å². The van der Waals surface area contributed by atoms with Crippen LogP contribution in [0.3, 0.4) is 0 Å². The molecule has 3 N–H and O–H groups in total. The number of aliphatic hydroxyl groups excluding tert-OH is 1. The Hall–Kier alpha value is -4.48. The van der Waals surface area contributed by atoms with Gasteiger partial charge < -0.3 is 35.0 Å². The minimum absolute atomic E-state index is 0.200. The van der Waals surface area contributed by atoms with Gasteiger partial charge in [0.15, 0.2) is 0 Å². The molecule has 1 aliphatic heterocycles. The lowest BCUT2D eigenvalue weighted by Gasteiger charge is -2.35. The van der Waals surface area contributed by atoms with Gasteiger partial charge in [-0.3, -0.25) is 9.59 Å². The molecule has 0 radical (unpaired) electrons. The average Bonchev–Trinajstić information content (AvgIpc) is 3.07. The fourth-order valence-corrected chi connectivity index (χ4v) is 5.36. The van der Waals surface area contributed by atoms with Gasteiger partial charge in [0.2, 0.25) is 0 Å². The van der Waals surface area contributed by atoms with Crippen LogP contribution in [0.15, 0.2) is 72.8 Å². The number of nitrogens with one attached hydrogen (secondary N) is 2. The molecule has 0 fully saturated rings. The zero-order valence-corrected chi connectivity index (χ0v) is 27.4. The van der Waals surface area contributed by atoms with Crippen molar-refractivity contribution in [1.82, 2.24) is 9.80 Å². The molecule has 4 atom stereocenters. The predicted octanol–water partition coefficient (Wildman–Crippen LogP) is 6.04. The minimum atomic E-state index is -0.550. The number of nitrogens with zero attached hydrogens (tertiary/aromatic N) is 2. The predicted molar refractivity (Wildman–Crippen MR) is 179 cm³/mol. The summed E-state index contributed by atoms with van der Waals surface area (Å²) in [6.45, 7) is 6.28. The van der Waals surface area contributed by atoms with Crippen LogP contribution in [-0.2, 0) is 4.74 Å².